The number of nitrogens with zero attached hydrogens (tertiary/aromatic N) is 3. The summed E-state index contributed by atoms with van der Waals surface area (Å²) in [7, 11) is 0. The second kappa shape index (κ2) is 6.28. The van der Waals surface area contributed by atoms with E-state index < -0.39 is 5.54 Å². The molecule has 4 nitrogen and oxygen atoms in total. The lowest BCUT2D eigenvalue weighted by atomic mass is 9.94. The Bertz CT molecular complexity index is 652. The van der Waals surface area contributed by atoms with Crippen LogP contribution in [0.3, 0.4) is 0 Å². The molecule has 0 aliphatic carbocycles. The van der Waals surface area contributed by atoms with E-state index in [0.29, 0.717) is 0 Å². The van der Waals surface area contributed by atoms with Gasteiger partial charge in [0, 0.05) is 6.04 Å². The lowest BCUT2D eigenvalue weighted by molar-refractivity contribution is 0.349. The molecular weight excluding hydrogens is 260 g/mol. The molecule has 0 amide bonds. The normalized spacial score (nSPS) is 15.6. The number of hydrogen-bond donors (Lipinski definition) is 1. The summed E-state index contributed by atoms with van der Waals surface area (Å²) in [4.78, 5) is 4.61. The van der Waals surface area contributed by atoms with E-state index in [1.54, 1.807) is 0 Å². The third-order valence-corrected chi connectivity index (χ3v) is 3.93. The highest BCUT2D eigenvalue weighted by molar-refractivity contribution is 5.76. The van der Waals surface area contributed by atoms with Crippen LogP contribution >= 0.6 is 0 Å². The van der Waals surface area contributed by atoms with Crippen molar-refractivity contribution in [2.45, 2.75) is 52.1 Å². The van der Waals surface area contributed by atoms with Crippen molar-refractivity contribution in [1.82, 2.24) is 14.9 Å². The zero-order valence-electron chi connectivity index (χ0n) is 13.3. The third-order valence-electron chi connectivity index (χ3n) is 3.93. The van der Waals surface area contributed by atoms with E-state index in [-0.39, 0.29) is 6.04 Å². The summed E-state index contributed by atoms with van der Waals surface area (Å²) >= 11 is 0. The number of fused-ring (bicyclic) bond motifs is 1. The van der Waals surface area contributed by atoms with Gasteiger partial charge >= 0.3 is 0 Å². The molecule has 0 saturated carbocycles. The Morgan fingerprint density at radius 2 is 2.14 bits per heavy atom. The number of aromatic nitrogens is 2. The van der Waals surface area contributed by atoms with Gasteiger partial charge in [-0.15, -0.1) is 0 Å². The van der Waals surface area contributed by atoms with Crippen LogP contribution in [-0.4, -0.2) is 21.6 Å². The van der Waals surface area contributed by atoms with Crippen LogP contribution in [-0.2, 0) is 0 Å². The lowest BCUT2D eigenvalue weighted by Gasteiger charge is -2.28. The molecule has 0 radical (unpaired) electrons. The monoisotopic (exact) mass is 284 g/mol. The van der Waals surface area contributed by atoms with Gasteiger partial charge in [0.25, 0.3) is 0 Å². The van der Waals surface area contributed by atoms with Gasteiger partial charge in [0.1, 0.15) is 11.4 Å². The third kappa shape index (κ3) is 3.25. The van der Waals surface area contributed by atoms with Crippen molar-refractivity contribution in [3.63, 3.8) is 0 Å². The SMILES string of the molecule is CCCNC(C)(C#N)CC(C)n1c(C)nc2ccccc21. The molecule has 0 aliphatic rings. The summed E-state index contributed by atoms with van der Waals surface area (Å²) in [5, 5.41) is 12.9. The minimum Gasteiger partial charge on any atom is -0.325 e. The van der Waals surface area contributed by atoms with Crippen molar-refractivity contribution in [2.75, 3.05) is 6.54 Å². The molecule has 2 unspecified atom stereocenters. The average Bonchev–Trinajstić information content (AvgIpc) is 2.81. The fourth-order valence-corrected chi connectivity index (χ4v) is 2.96. The first-order valence-electron chi connectivity index (χ1n) is 7.60. The van der Waals surface area contributed by atoms with Crippen LogP contribution < -0.4 is 5.32 Å². The number of nitrogens with one attached hydrogen (secondary N) is 1. The molecule has 4 heteroatoms. The number of aryl methyl sites for hydroxylation is 1. The van der Waals surface area contributed by atoms with Gasteiger partial charge in [-0.25, -0.2) is 4.98 Å². The standard InChI is InChI=1S/C17H24N4/c1-5-10-19-17(4,12-18)11-13(2)21-14(3)20-15-8-6-7-9-16(15)21/h6-9,13,19H,5,10-11H2,1-4H3. The molecule has 0 aliphatic heterocycles. The Kier molecular flexibility index (Phi) is 4.64. The predicted molar refractivity (Wildman–Crippen MR) is 86.1 cm³/mol. The van der Waals surface area contributed by atoms with Crippen molar-refractivity contribution in [3.8, 4) is 6.07 Å². The van der Waals surface area contributed by atoms with Crippen LogP contribution in [0.25, 0.3) is 11.0 Å². The number of imidazole rings is 1. The van der Waals surface area contributed by atoms with E-state index in [2.05, 4.69) is 40.9 Å². The summed E-state index contributed by atoms with van der Waals surface area (Å²) < 4.78 is 2.23. The second-order valence-electron chi connectivity index (χ2n) is 5.94. The Balaban J connectivity index is 2.28. The van der Waals surface area contributed by atoms with Gasteiger partial charge < -0.3 is 4.57 Å². The zero-order valence-corrected chi connectivity index (χ0v) is 13.3. The Hall–Kier alpha value is -1.86. The molecule has 112 valence electrons. The number of nitriles is 1. The first kappa shape index (κ1) is 15.5. The van der Waals surface area contributed by atoms with Gasteiger partial charge in [-0.3, -0.25) is 5.32 Å². The fraction of sp³-hybridized carbons (Fsp3) is 0.529. The molecule has 0 spiro atoms. The molecule has 1 aromatic carbocycles. The lowest BCUT2D eigenvalue weighted by Crippen LogP contribution is -2.43. The van der Waals surface area contributed by atoms with Crippen molar-refractivity contribution in [3.05, 3.63) is 30.1 Å². The molecule has 2 rings (SSSR count). The molecule has 21 heavy (non-hydrogen) atoms. The maximum Gasteiger partial charge on any atom is 0.106 e. The van der Waals surface area contributed by atoms with Gasteiger partial charge in [0.05, 0.1) is 17.1 Å². The highest BCUT2D eigenvalue weighted by Crippen LogP contribution is 2.26. The summed E-state index contributed by atoms with van der Waals surface area (Å²) in [6, 6.07) is 10.8. The summed E-state index contributed by atoms with van der Waals surface area (Å²) in [5.74, 6) is 1.000. The number of hydrogen-bond acceptors (Lipinski definition) is 3. The smallest absolute Gasteiger partial charge is 0.106 e. The maximum atomic E-state index is 9.50. The zero-order chi connectivity index (χ0) is 15.5. The molecule has 2 atom stereocenters. The van der Waals surface area contributed by atoms with Gasteiger partial charge in [0.2, 0.25) is 0 Å². The quantitative estimate of drug-likeness (QED) is 0.882. The minimum absolute atomic E-state index is 0.214. The predicted octanol–water partition coefficient (Wildman–Crippen LogP) is 3.58. The van der Waals surface area contributed by atoms with Gasteiger partial charge in [0.15, 0.2) is 0 Å². The summed E-state index contributed by atoms with van der Waals surface area (Å²) in [5.41, 5.74) is 1.65. The van der Waals surface area contributed by atoms with Crippen LogP contribution in [0.5, 0.6) is 0 Å². The molecule has 1 heterocycles. The number of para-hydroxylation sites is 2. The highest BCUT2D eigenvalue weighted by Gasteiger charge is 2.27. The van der Waals surface area contributed by atoms with Crippen LogP contribution in [0, 0.1) is 18.3 Å². The first-order chi connectivity index (χ1) is 10.0. The van der Waals surface area contributed by atoms with E-state index in [0.717, 1.165) is 36.2 Å². The van der Waals surface area contributed by atoms with Crippen LogP contribution in [0.15, 0.2) is 24.3 Å². The Morgan fingerprint density at radius 3 is 2.81 bits per heavy atom. The summed E-state index contributed by atoms with van der Waals surface area (Å²) in [6.45, 7) is 9.14. The number of benzene rings is 1. The fourth-order valence-electron chi connectivity index (χ4n) is 2.96. The van der Waals surface area contributed by atoms with Crippen molar-refractivity contribution in [1.29, 1.82) is 5.26 Å². The van der Waals surface area contributed by atoms with Crippen molar-refractivity contribution < 1.29 is 0 Å². The Labute approximate surface area is 126 Å². The van der Waals surface area contributed by atoms with E-state index >= 15 is 0 Å². The first-order valence-corrected chi connectivity index (χ1v) is 7.60. The van der Waals surface area contributed by atoms with Crippen LogP contribution in [0.4, 0.5) is 0 Å². The minimum atomic E-state index is -0.507. The summed E-state index contributed by atoms with van der Waals surface area (Å²) in [6.07, 6.45) is 1.78. The van der Waals surface area contributed by atoms with Crippen molar-refractivity contribution >= 4 is 11.0 Å². The van der Waals surface area contributed by atoms with Gasteiger partial charge in [-0.2, -0.15) is 5.26 Å². The number of rotatable bonds is 6. The molecule has 2 aromatic rings. The maximum absolute atomic E-state index is 9.50. The van der Waals surface area contributed by atoms with E-state index in [9.17, 15) is 5.26 Å². The van der Waals surface area contributed by atoms with Gasteiger partial charge in [-0.1, -0.05) is 19.1 Å². The topological polar surface area (TPSA) is 53.6 Å². The average molecular weight is 284 g/mol. The van der Waals surface area contributed by atoms with E-state index in [1.165, 1.54) is 0 Å². The molecule has 1 N–H and O–H groups in total. The Morgan fingerprint density at radius 1 is 1.43 bits per heavy atom. The van der Waals surface area contributed by atoms with Crippen LogP contribution in [0.2, 0.25) is 0 Å². The van der Waals surface area contributed by atoms with Gasteiger partial charge in [-0.05, 0) is 52.3 Å². The molecule has 0 bridgehead atoms. The molecule has 1 aromatic heterocycles. The van der Waals surface area contributed by atoms with Crippen molar-refractivity contribution in [2.24, 2.45) is 0 Å². The van der Waals surface area contributed by atoms with Crippen LogP contribution in [0.1, 0.15) is 45.5 Å². The largest absolute Gasteiger partial charge is 0.325 e. The van der Waals surface area contributed by atoms with E-state index in [1.807, 2.05) is 32.0 Å². The molecule has 0 fully saturated rings. The second-order valence-corrected chi connectivity index (χ2v) is 5.94. The molecule has 0 saturated heterocycles. The highest BCUT2D eigenvalue weighted by atomic mass is 15.1. The van der Waals surface area contributed by atoms with E-state index in [4.69, 9.17) is 0 Å². The molecular formula is C17H24N4.